The molecule has 0 bridgehead atoms. The van der Waals surface area contributed by atoms with Gasteiger partial charge in [0, 0.05) is 5.33 Å². The summed E-state index contributed by atoms with van der Waals surface area (Å²) in [5.41, 5.74) is 0. The summed E-state index contributed by atoms with van der Waals surface area (Å²) >= 11 is 3.57. The highest BCUT2D eigenvalue weighted by atomic mass is 79.9. The topological polar surface area (TPSA) is 0 Å². The molecule has 0 aromatic carbocycles. The van der Waals surface area contributed by atoms with E-state index in [0.29, 0.717) is 0 Å². The Hall–Kier alpha value is 0.480. The van der Waals surface area contributed by atoms with Crippen LogP contribution in [0.2, 0.25) is 0 Å². The van der Waals surface area contributed by atoms with Gasteiger partial charge in [-0.15, -0.1) is 0 Å². The number of hydrogen-bond acceptors (Lipinski definition) is 0. The van der Waals surface area contributed by atoms with Crippen LogP contribution in [0.4, 0.5) is 0 Å². The van der Waals surface area contributed by atoms with Crippen molar-refractivity contribution in [3.63, 3.8) is 0 Å². The molecule has 0 N–H and O–H groups in total. The number of alkyl halides is 1. The molecule has 0 aliphatic heterocycles. The Morgan fingerprint density at radius 3 is 1.63 bits per heavy atom. The van der Waals surface area contributed by atoms with Crippen molar-refractivity contribution < 1.29 is 0 Å². The molecule has 0 saturated heterocycles. The van der Waals surface area contributed by atoms with Gasteiger partial charge in [0.05, 0.1) is 0 Å². The quantitative estimate of drug-likeness (QED) is 0.483. The van der Waals surface area contributed by atoms with E-state index in [4.69, 9.17) is 0 Å². The van der Waals surface area contributed by atoms with Crippen LogP contribution < -0.4 is 0 Å². The molecule has 0 radical (unpaired) electrons. The molecule has 2 rings (SSSR count). The summed E-state index contributed by atoms with van der Waals surface area (Å²) in [5, 5.41) is 1.20. The zero-order valence-electron chi connectivity index (χ0n) is 12.9. The van der Waals surface area contributed by atoms with Crippen LogP contribution in [-0.2, 0) is 0 Å². The standard InChI is InChI=1S/C18H33Br/c1-2-4-15-6-10-17(11-7-15)18-12-8-16(9-13-18)5-3-14-19/h15-18H,2-14H2,1H3. The van der Waals surface area contributed by atoms with Crippen LogP contribution in [-0.4, -0.2) is 5.33 Å². The first-order chi connectivity index (χ1) is 9.33. The molecule has 0 atom stereocenters. The Morgan fingerprint density at radius 1 is 0.737 bits per heavy atom. The number of rotatable bonds is 6. The Labute approximate surface area is 129 Å². The van der Waals surface area contributed by atoms with Gasteiger partial charge in [0.1, 0.15) is 0 Å². The Balaban J connectivity index is 1.65. The SMILES string of the molecule is CCCC1CCC(C2CCC(CCCBr)CC2)CC1. The highest BCUT2D eigenvalue weighted by molar-refractivity contribution is 9.09. The van der Waals surface area contributed by atoms with Gasteiger partial charge in [-0.05, 0) is 62.2 Å². The zero-order chi connectivity index (χ0) is 13.5. The molecular weight excluding hydrogens is 296 g/mol. The second-order valence-corrected chi connectivity index (χ2v) is 7.97. The third-order valence-electron chi connectivity index (χ3n) is 5.89. The van der Waals surface area contributed by atoms with Crippen molar-refractivity contribution in [1.29, 1.82) is 0 Å². The Bertz CT molecular complexity index is 222. The average molecular weight is 329 g/mol. The monoisotopic (exact) mass is 328 g/mol. The molecular formula is C18H33Br. The van der Waals surface area contributed by atoms with Gasteiger partial charge in [0.15, 0.2) is 0 Å². The molecule has 0 spiro atoms. The van der Waals surface area contributed by atoms with E-state index in [2.05, 4.69) is 22.9 Å². The summed E-state index contributed by atoms with van der Waals surface area (Å²) in [5.74, 6) is 4.34. The predicted octanol–water partition coefficient (Wildman–Crippen LogP) is 6.57. The minimum Gasteiger partial charge on any atom is -0.0928 e. The molecule has 2 aliphatic rings. The lowest BCUT2D eigenvalue weighted by atomic mass is 9.68. The van der Waals surface area contributed by atoms with Gasteiger partial charge < -0.3 is 0 Å². The van der Waals surface area contributed by atoms with E-state index in [1.807, 2.05) is 0 Å². The van der Waals surface area contributed by atoms with Crippen molar-refractivity contribution >= 4 is 15.9 Å². The van der Waals surface area contributed by atoms with Crippen molar-refractivity contribution in [2.24, 2.45) is 23.7 Å². The molecule has 2 saturated carbocycles. The largest absolute Gasteiger partial charge is 0.0928 e. The summed E-state index contributed by atoms with van der Waals surface area (Å²) < 4.78 is 0. The first-order valence-electron chi connectivity index (χ1n) is 8.89. The zero-order valence-corrected chi connectivity index (χ0v) is 14.5. The van der Waals surface area contributed by atoms with Crippen LogP contribution in [0, 0.1) is 23.7 Å². The van der Waals surface area contributed by atoms with Gasteiger partial charge in [0.25, 0.3) is 0 Å². The lowest BCUT2D eigenvalue weighted by molar-refractivity contribution is 0.141. The van der Waals surface area contributed by atoms with Crippen molar-refractivity contribution in [1.82, 2.24) is 0 Å². The Morgan fingerprint density at radius 2 is 1.21 bits per heavy atom. The first kappa shape index (κ1) is 15.9. The maximum Gasteiger partial charge on any atom is 0.00314 e. The molecule has 0 heterocycles. The molecule has 19 heavy (non-hydrogen) atoms. The van der Waals surface area contributed by atoms with Gasteiger partial charge in [-0.25, -0.2) is 0 Å². The fourth-order valence-electron chi connectivity index (χ4n) is 4.67. The second kappa shape index (κ2) is 8.70. The lowest BCUT2D eigenvalue weighted by Gasteiger charge is -2.38. The second-order valence-electron chi connectivity index (χ2n) is 7.18. The summed E-state index contributed by atoms with van der Waals surface area (Å²) in [6, 6.07) is 0. The molecule has 0 aromatic heterocycles. The molecule has 0 amide bonds. The summed E-state index contributed by atoms with van der Waals surface area (Å²) in [6.07, 6.45) is 18.1. The van der Waals surface area contributed by atoms with Crippen LogP contribution in [0.5, 0.6) is 0 Å². The molecule has 0 nitrogen and oxygen atoms in total. The lowest BCUT2D eigenvalue weighted by Crippen LogP contribution is -2.25. The normalized spacial score (nSPS) is 36.3. The molecule has 1 heteroatoms. The minimum absolute atomic E-state index is 1.06. The van der Waals surface area contributed by atoms with Crippen LogP contribution in [0.3, 0.4) is 0 Å². The van der Waals surface area contributed by atoms with Gasteiger partial charge in [0.2, 0.25) is 0 Å². The fourth-order valence-corrected chi connectivity index (χ4v) is 4.99. The maximum absolute atomic E-state index is 3.57. The van der Waals surface area contributed by atoms with Crippen LogP contribution in [0.15, 0.2) is 0 Å². The smallest absolute Gasteiger partial charge is 0.00314 e. The first-order valence-corrected chi connectivity index (χ1v) is 10.0. The summed E-state index contributed by atoms with van der Waals surface area (Å²) in [4.78, 5) is 0. The van der Waals surface area contributed by atoms with Crippen molar-refractivity contribution in [2.45, 2.75) is 84.0 Å². The molecule has 2 fully saturated rings. The highest BCUT2D eigenvalue weighted by Gasteiger charge is 2.30. The van der Waals surface area contributed by atoms with Gasteiger partial charge in [-0.1, -0.05) is 61.4 Å². The van der Waals surface area contributed by atoms with E-state index < -0.39 is 0 Å². The van der Waals surface area contributed by atoms with E-state index in [1.165, 1.54) is 43.9 Å². The molecule has 2 aliphatic carbocycles. The molecule has 112 valence electrons. The van der Waals surface area contributed by atoms with E-state index in [0.717, 1.165) is 23.7 Å². The number of halogens is 1. The van der Waals surface area contributed by atoms with Gasteiger partial charge in [-0.3, -0.25) is 0 Å². The number of hydrogen-bond donors (Lipinski definition) is 0. The average Bonchev–Trinajstić information content (AvgIpc) is 2.47. The van der Waals surface area contributed by atoms with Crippen LogP contribution in [0.25, 0.3) is 0 Å². The molecule has 0 aromatic rings. The van der Waals surface area contributed by atoms with Gasteiger partial charge in [-0.2, -0.15) is 0 Å². The van der Waals surface area contributed by atoms with Crippen molar-refractivity contribution in [3.05, 3.63) is 0 Å². The Kier molecular flexibility index (Phi) is 7.26. The van der Waals surface area contributed by atoms with E-state index in [9.17, 15) is 0 Å². The van der Waals surface area contributed by atoms with E-state index >= 15 is 0 Å². The van der Waals surface area contributed by atoms with Crippen LogP contribution >= 0.6 is 15.9 Å². The third kappa shape index (κ3) is 5.06. The van der Waals surface area contributed by atoms with Crippen molar-refractivity contribution in [2.75, 3.05) is 5.33 Å². The van der Waals surface area contributed by atoms with Crippen LogP contribution in [0.1, 0.15) is 84.0 Å². The summed E-state index contributed by atoms with van der Waals surface area (Å²) in [7, 11) is 0. The third-order valence-corrected chi connectivity index (χ3v) is 6.45. The maximum atomic E-state index is 3.57. The van der Waals surface area contributed by atoms with E-state index in [-0.39, 0.29) is 0 Å². The van der Waals surface area contributed by atoms with E-state index in [1.54, 1.807) is 38.5 Å². The van der Waals surface area contributed by atoms with Gasteiger partial charge >= 0.3 is 0 Å². The predicted molar refractivity (Wildman–Crippen MR) is 88.8 cm³/mol. The molecule has 0 unspecified atom stereocenters. The minimum atomic E-state index is 1.06. The summed E-state index contributed by atoms with van der Waals surface area (Å²) in [6.45, 7) is 2.35. The fraction of sp³-hybridized carbons (Fsp3) is 1.00. The van der Waals surface area contributed by atoms with Crippen molar-refractivity contribution in [3.8, 4) is 0 Å². The highest BCUT2D eigenvalue weighted by Crippen LogP contribution is 2.42.